The second kappa shape index (κ2) is 9.70. The molecule has 1 aliphatic rings. The van der Waals surface area contributed by atoms with E-state index < -0.39 is 0 Å². The molecule has 2 amide bonds. The first kappa shape index (κ1) is 20.3. The molecule has 0 spiro atoms. The Bertz CT molecular complexity index is 817. The van der Waals surface area contributed by atoms with Crippen LogP contribution in [0.25, 0.3) is 5.69 Å². The first-order valence-electron chi connectivity index (χ1n) is 9.43. The Morgan fingerprint density at radius 1 is 1.29 bits per heavy atom. The third-order valence-electron chi connectivity index (χ3n) is 4.30. The number of rotatable bonds is 10. The van der Waals surface area contributed by atoms with Gasteiger partial charge in [-0.2, -0.15) is 0 Å². The molecule has 1 saturated carbocycles. The van der Waals surface area contributed by atoms with Crippen LogP contribution in [0.1, 0.15) is 48.8 Å². The summed E-state index contributed by atoms with van der Waals surface area (Å²) in [5, 5.41) is 14.1. The minimum absolute atomic E-state index is 0.0660. The number of hydrogen-bond acceptors (Lipinski definition) is 6. The van der Waals surface area contributed by atoms with Gasteiger partial charge in [0.2, 0.25) is 5.91 Å². The highest BCUT2D eigenvalue weighted by molar-refractivity contribution is 7.94. The second-order valence-corrected chi connectivity index (χ2v) is 7.61. The maximum absolute atomic E-state index is 12.4. The molecule has 0 bridgehead atoms. The van der Waals surface area contributed by atoms with Crippen LogP contribution >= 0.6 is 12.0 Å². The van der Waals surface area contributed by atoms with Gasteiger partial charge in [0.05, 0.1) is 18.5 Å². The summed E-state index contributed by atoms with van der Waals surface area (Å²) < 4.78 is 6.57. The molecule has 0 saturated heterocycles. The molecule has 0 atom stereocenters. The van der Waals surface area contributed by atoms with Crippen LogP contribution in [0, 0.1) is 0 Å². The van der Waals surface area contributed by atoms with Gasteiger partial charge in [-0.1, -0.05) is 18.6 Å². The molecule has 9 heteroatoms. The average molecular weight is 404 g/mol. The second-order valence-electron chi connectivity index (χ2n) is 6.63. The van der Waals surface area contributed by atoms with Gasteiger partial charge >= 0.3 is 0 Å². The van der Waals surface area contributed by atoms with Gasteiger partial charge in [0.25, 0.3) is 5.91 Å². The van der Waals surface area contributed by atoms with Crippen molar-refractivity contribution in [2.45, 2.75) is 45.1 Å². The summed E-state index contributed by atoms with van der Waals surface area (Å²) in [6.45, 7) is 2.06. The quantitative estimate of drug-likeness (QED) is 0.468. The molecule has 3 rings (SSSR count). The van der Waals surface area contributed by atoms with Crippen LogP contribution in [0.3, 0.4) is 0 Å². The minimum Gasteiger partial charge on any atom is -0.348 e. The van der Waals surface area contributed by atoms with Crippen molar-refractivity contribution in [3.63, 3.8) is 0 Å². The van der Waals surface area contributed by atoms with Crippen LogP contribution in [0.5, 0.6) is 0 Å². The molecule has 1 aromatic heterocycles. The molecular weight excluding hydrogens is 378 g/mol. The van der Waals surface area contributed by atoms with E-state index >= 15 is 0 Å². The molecule has 0 aliphatic heterocycles. The highest BCUT2D eigenvalue weighted by atomic mass is 32.2. The molecule has 150 valence electrons. The van der Waals surface area contributed by atoms with Crippen molar-refractivity contribution in [3.8, 4) is 5.69 Å². The van der Waals surface area contributed by atoms with Crippen LogP contribution in [0.4, 0.5) is 5.69 Å². The molecule has 1 aromatic carbocycles. The molecular formula is C19H25N5O3S. The SMILES string of the molecule is CCCc1c(C(=O)NC2CC2)nnn1-c1ccc(NC(=O)CCSOC)cc1. The van der Waals surface area contributed by atoms with Gasteiger partial charge in [0, 0.05) is 23.9 Å². The van der Waals surface area contributed by atoms with E-state index in [2.05, 4.69) is 27.9 Å². The highest BCUT2D eigenvalue weighted by Gasteiger charge is 2.27. The lowest BCUT2D eigenvalue weighted by Crippen LogP contribution is -2.27. The number of anilines is 1. The zero-order chi connectivity index (χ0) is 19.9. The van der Waals surface area contributed by atoms with Gasteiger partial charge in [-0.15, -0.1) is 5.10 Å². The van der Waals surface area contributed by atoms with E-state index in [4.69, 9.17) is 4.18 Å². The van der Waals surface area contributed by atoms with E-state index in [9.17, 15) is 9.59 Å². The van der Waals surface area contributed by atoms with Crippen molar-refractivity contribution in [3.05, 3.63) is 35.7 Å². The lowest BCUT2D eigenvalue weighted by atomic mass is 10.2. The summed E-state index contributed by atoms with van der Waals surface area (Å²) in [6.07, 6.45) is 4.02. The molecule has 1 heterocycles. The fraction of sp³-hybridized carbons (Fsp3) is 0.474. The highest BCUT2D eigenvalue weighted by Crippen LogP contribution is 2.21. The third-order valence-corrected chi connectivity index (χ3v) is 4.91. The first-order chi connectivity index (χ1) is 13.6. The largest absolute Gasteiger partial charge is 0.348 e. The Hall–Kier alpha value is -2.39. The fourth-order valence-electron chi connectivity index (χ4n) is 2.76. The van der Waals surface area contributed by atoms with E-state index in [0.29, 0.717) is 30.0 Å². The van der Waals surface area contributed by atoms with Gasteiger partial charge in [-0.3, -0.25) is 9.59 Å². The lowest BCUT2D eigenvalue weighted by Gasteiger charge is -2.09. The van der Waals surface area contributed by atoms with E-state index in [-0.39, 0.29) is 17.9 Å². The van der Waals surface area contributed by atoms with Crippen molar-refractivity contribution in [2.24, 2.45) is 0 Å². The van der Waals surface area contributed by atoms with E-state index in [1.165, 1.54) is 12.0 Å². The summed E-state index contributed by atoms with van der Waals surface area (Å²) in [7, 11) is 1.58. The zero-order valence-electron chi connectivity index (χ0n) is 16.1. The van der Waals surface area contributed by atoms with Crippen molar-refractivity contribution < 1.29 is 13.8 Å². The summed E-state index contributed by atoms with van der Waals surface area (Å²) in [6, 6.07) is 7.62. The average Bonchev–Trinajstić information content (AvgIpc) is 3.40. The number of carbonyl (C=O) groups excluding carboxylic acids is 2. The Kier molecular flexibility index (Phi) is 7.05. The predicted octanol–water partition coefficient (Wildman–Crippen LogP) is 2.74. The molecule has 0 unspecified atom stereocenters. The van der Waals surface area contributed by atoms with Crippen LogP contribution in [0.2, 0.25) is 0 Å². The minimum atomic E-state index is -0.157. The normalized spacial score (nSPS) is 13.4. The Morgan fingerprint density at radius 3 is 2.68 bits per heavy atom. The molecule has 8 nitrogen and oxygen atoms in total. The maximum atomic E-state index is 12.4. The van der Waals surface area contributed by atoms with Crippen LogP contribution < -0.4 is 10.6 Å². The van der Waals surface area contributed by atoms with Crippen molar-refractivity contribution in [1.82, 2.24) is 20.3 Å². The fourth-order valence-corrected chi connectivity index (χ4v) is 3.19. The molecule has 1 aliphatic carbocycles. The standard InChI is InChI=1S/C19H25N5O3S/c1-3-4-16-18(19(26)21-14-5-6-14)22-23-24(16)15-9-7-13(8-10-15)20-17(25)11-12-28-27-2/h7-10,14H,3-6,11-12H2,1-2H3,(H,20,25)(H,21,26). The van der Waals surface area contributed by atoms with Gasteiger partial charge in [-0.05, 0) is 55.6 Å². The summed E-state index contributed by atoms with van der Waals surface area (Å²) >= 11 is 1.25. The van der Waals surface area contributed by atoms with Crippen LogP contribution in [-0.2, 0) is 15.4 Å². The van der Waals surface area contributed by atoms with E-state index in [1.54, 1.807) is 11.8 Å². The van der Waals surface area contributed by atoms with Gasteiger partial charge in [0.15, 0.2) is 5.69 Å². The van der Waals surface area contributed by atoms with Gasteiger partial charge in [-0.25, -0.2) is 4.68 Å². The van der Waals surface area contributed by atoms with Crippen molar-refractivity contribution >= 4 is 29.5 Å². The maximum Gasteiger partial charge on any atom is 0.273 e. The first-order valence-corrected chi connectivity index (χ1v) is 10.3. The summed E-state index contributed by atoms with van der Waals surface area (Å²) in [5.74, 6) is 0.379. The third kappa shape index (κ3) is 5.32. The topological polar surface area (TPSA) is 98.1 Å². The van der Waals surface area contributed by atoms with E-state index in [0.717, 1.165) is 30.6 Å². The summed E-state index contributed by atoms with van der Waals surface area (Å²) in [4.78, 5) is 24.3. The Morgan fingerprint density at radius 2 is 2.04 bits per heavy atom. The number of hydrogen-bond donors (Lipinski definition) is 2. The number of benzene rings is 1. The number of aromatic nitrogens is 3. The van der Waals surface area contributed by atoms with Gasteiger partial charge < -0.3 is 14.8 Å². The Labute approximate surface area is 168 Å². The van der Waals surface area contributed by atoms with Crippen LogP contribution in [-0.4, -0.2) is 45.7 Å². The number of amides is 2. The zero-order valence-corrected chi connectivity index (χ0v) is 16.9. The molecule has 2 N–H and O–H groups in total. The molecule has 2 aromatic rings. The predicted molar refractivity (Wildman–Crippen MR) is 109 cm³/mol. The smallest absolute Gasteiger partial charge is 0.273 e. The van der Waals surface area contributed by atoms with Gasteiger partial charge in [0.1, 0.15) is 0 Å². The van der Waals surface area contributed by atoms with Crippen molar-refractivity contribution in [2.75, 3.05) is 18.2 Å². The molecule has 28 heavy (non-hydrogen) atoms. The monoisotopic (exact) mass is 403 g/mol. The number of nitrogens with one attached hydrogen (secondary N) is 2. The molecule has 0 radical (unpaired) electrons. The number of nitrogens with zero attached hydrogens (tertiary/aromatic N) is 3. The lowest BCUT2D eigenvalue weighted by molar-refractivity contribution is -0.115. The van der Waals surface area contributed by atoms with Crippen LogP contribution in [0.15, 0.2) is 24.3 Å². The number of carbonyl (C=O) groups is 2. The summed E-state index contributed by atoms with van der Waals surface area (Å²) in [5.41, 5.74) is 2.70. The van der Waals surface area contributed by atoms with E-state index in [1.807, 2.05) is 24.3 Å². The molecule has 1 fully saturated rings. The van der Waals surface area contributed by atoms with Crippen molar-refractivity contribution in [1.29, 1.82) is 0 Å². The Balaban J connectivity index is 1.71.